The van der Waals surface area contributed by atoms with Crippen LogP contribution in [0.5, 0.6) is 0 Å². The van der Waals surface area contributed by atoms with Crippen LogP contribution < -0.4 is 0 Å². The summed E-state index contributed by atoms with van der Waals surface area (Å²) >= 11 is 0. The van der Waals surface area contributed by atoms with Gasteiger partial charge in [0, 0.05) is 46.2 Å². The number of hydrogen-bond donors (Lipinski definition) is 2. The summed E-state index contributed by atoms with van der Waals surface area (Å²) in [4.78, 5) is 18.6. The van der Waals surface area contributed by atoms with Crippen molar-refractivity contribution >= 4 is 33.9 Å². The van der Waals surface area contributed by atoms with Gasteiger partial charge in [0.25, 0.3) is 0 Å². The summed E-state index contributed by atoms with van der Waals surface area (Å²) < 4.78 is 4.80. The summed E-state index contributed by atoms with van der Waals surface area (Å²) in [6.45, 7) is 0. The van der Waals surface area contributed by atoms with Crippen molar-refractivity contribution in [2.75, 3.05) is 7.11 Å². The Labute approximate surface area is 180 Å². The molecule has 0 bridgehead atoms. The van der Waals surface area contributed by atoms with Crippen molar-refractivity contribution < 1.29 is 9.53 Å². The number of para-hydroxylation sites is 2. The number of benzene rings is 3. The number of esters is 1. The van der Waals surface area contributed by atoms with Gasteiger partial charge >= 0.3 is 5.97 Å². The lowest BCUT2D eigenvalue weighted by atomic mass is 9.82. The predicted molar refractivity (Wildman–Crippen MR) is 125 cm³/mol. The van der Waals surface area contributed by atoms with Crippen LogP contribution in [-0.4, -0.2) is 23.0 Å². The molecule has 0 spiro atoms. The van der Waals surface area contributed by atoms with E-state index in [0.717, 1.165) is 22.2 Å². The monoisotopic (exact) mass is 406 g/mol. The maximum Gasteiger partial charge on any atom is 0.330 e. The molecule has 0 saturated heterocycles. The first kappa shape index (κ1) is 18.9. The first-order valence-corrected chi connectivity index (χ1v) is 10.2. The van der Waals surface area contributed by atoms with E-state index in [9.17, 15) is 4.79 Å². The predicted octanol–water partition coefficient (Wildman–Crippen LogP) is 6.02. The average molecular weight is 406 g/mol. The molecule has 31 heavy (non-hydrogen) atoms. The zero-order chi connectivity index (χ0) is 21.2. The van der Waals surface area contributed by atoms with Crippen molar-refractivity contribution in [3.63, 3.8) is 0 Å². The van der Waals surface area contributed by atoms with E-state index in [4.69, 9.17) is 4.74 Å². The van der Waals surface area contributed by atoms with Gasteiger partial charge < -0.3 is 14.7 Å². The Balaban J connectivity index is 1.77. The Morgan fingerprint density at radius 3 is 1.94 bits per heavy atom. The van der Waals surface area contributed by atoms with Crippen LogP contribution in [0.3, 0.4) is 0 Å². The number of nitrogens with one attached hydrogen (secondary N) is 2. The van der Waals surface area contributed by atoms with E-state index in [2.05, 4.69) is 64.8 Å². The van der Waals surface area contributed by atoms with Gasteiger partial charge in [-0.1, -0.05) is 60.7 Å². The molecular formula is C27H22N2O2. The number of hydrogen-bond acceptors (Lipinski definition) is 2. The molecule has 4 heteroatoms. The largest absolute Gasteiger partial charge is 0.466 e. The fourth-order valence-electron chi connectivity index (χ4n) is 4.32. The first-order chi connectivity index (χ1) is 15.3. The molecule has 2 heterocycles. The minimum atomic E-state index is -0.370. The number of rotatable bonds is 5. The lowest BCUT2D eigenvalue weighted by Crippen LogP contribution is -2.05. The Morgan fingerprint density at radius 2 is 1.32 bits per heavy atom. The van der Waals surface area contributed by atoms with Crippen LogP contribution in [0, 0.1) is 0 Å². The molecule has 2 aromatic heterocycles. The second kappa shape index (κ2) is 8.00. The van der Waals surface area contributed by atoms with Gasteiger partial charge in [0.05, 0.1) is 7.11 Å². The highest BCUT2D eigenvalue weighted by Crippen LogP contribution is 2.40. The van der Waals surface area contributed by atoms with E-state index in [1.54, 1.807) is 0 Å². The third kappa shape index (κ3) is 3.42. The number of aromatic nitrogens is 2. The molecule has 5 rings (SSSR count). The number of ether oxygens (including phenoxy) is 1. The fraction of sp³-hybridized carbons (Fsp3) is 0.0741. The maximum absolute atomic E-state index is 11.8. The number of methoxy groups -OCH3 is 1. The molecule has 0 aliphatic carbocycles. The van der Waals surface area contributed by atoms with E-state index in [0.29, 0.717) is 0 Å². The minimum absolute atomic E-state index is 0.0224. The third-order valence-electron chi connectivity index (χ3n) is 5.77. The van der Waals surface area contributed by atoms with Crippen LogP contribution in [0.4, 0.5) is 0 Å². The van der Waals surface area contributed by atoms with Crippen LogP contribution in [0.1, 0.15) is 28.2 Å². The molecule has 152 valence electrons. The van der Waals surface area contributed by atoms with Crippen LogP contribution >= 0.6 is 0 Å². The molecule has 4 nitrogen and oxygen atoms in total. The Bertz CT molecular complexity index is 1330. The minimum Gasteiger partial charge on any atom is -0.466 e. The molecule has 2 N–H and O–H groups in total. The number of carbonyl (C=O) groups is 1. The Hall–Kier alpha value is -4.05. The third-order valence-corrected chi connectivity index (χ3v) is 5.77. The second-order valence-electron chi connectivity index (χ2n) is 7.50. The molecule has 0 aliphatic heterocycles. The van der Waals surface area contributed by atoms with E-state index in [-0.39, 0.29) is 11.9 Å². The smallest absolute Gasteiger partial charge is 0.330 e. The Morgan fingerprint density at radius 1 is 0.774 bits per heavy atom. The van der Waals surface area contributed by atoms with Gasteiger partial charge in [-0.15, -0.1) is 0 Å². The van der Waals surface area contributed by atoms with Gasteiger partial charge in [0.1, 0.15) is 0 Å². The summed E-state index contributed by atoms with van der Waals surface area (Å²) in [6.07, 6.45) is 7.49. The molecule has 0 saturated carbocycles. The normalized spacial score (nSPS) is 11.7. The molecule has 0 atom stereocenters. The van der Waals surface area contributed by atoms with Gasteiger partial charge in [0.15, 0.2) is 0 Å². The number of carbonyl (C=O) groups excluding carboxylic acids is 1. The van der Waals surface area contributed by atoms with Gasteiger partial charge in [0.2, 0.25) is 0 Å². The molecule has 5 aromatic rings. The van der Waals surface area contributed by atoms with Crippen molar-refractivity contribution in [1.82, 2.24) is 9.97 Å². The van der Waals surface area contributed by atoms with Crippen LogP contribution in [0.25, 0.3) is 27.9 Å². The van der Waals surface area contributed by atoms with Crippen molar-refractivity contribution in [2.24, 2.45) is 0 Å². The molecule has 0 radical (unpaired) electrons. The highest BCUT2D eigenvalue weighted by molar-refractivity contribution is 5.90. The van der Waals surface area contributed by atoms with Crippen molar-refractivity contribution in [1.29, 1.82) is 0 Å². The summed E-state index contributed by atoms with van der Waals surface area (Å²) in [5.41, 5.74) is 6.69. The maximum atomic E-state index is 11.8. The van der Waals surface area contributed by atoms with Crippen LogP contribution in [0.2, 0.25) is 0 Å². The SMILES string of the molecule is COC(=O)/C=C/c1ccccc1C(c1c[nH]c2ccccc12)c1c[nH]c2ccccc12. The highest BCUT2D eigenvalue weighted by atomic mass is 16.5. The van der Waals surface area contributed by atoms with Crippen molar-refractivity contribution in [2.45, 2.75) is 5.92 Å². The van der Waals surface area contributed by atoms with E-state index in [1.807, 2.05) is 36.4 Å². The van der Waals surface area contributed by atoms with E-state index in [1.165, 1.54) is 35.1 Å². The summed E-state index contributed by atoms with van der Waals surface area (Å²) in [5.74, 6) is -0.392. The van der Waals surface area contributed by atoms with Crippen molar-refractivity contribution in [3.05, 3.63) is 114 Å². The standard InChI is InChI=1S/C27H22N2O2/c1-31-26(30)15-14-18-8-2-3-9-19(18)27(22-16-28-24-12-6-4-10-20(22)24)23-17-29-25-13-7-5-11-21(23)25/h2-17,27-29H,1H3/b15-14+. The average Bonchev–Trinajstić information content (AvgIpc) is 3.44. The second-order valence-corrected chi connectivity index (χ2v) is 7.50. The van der Waals surface area contributed by atoms with E-state index >= 15 is 0 Å². The molecule has 3 aromatic carbocycles. The molecule has 0 unspecified atom stereocenters. The van der Waals surface area contributed by atoms with Crippen molar-refractivity contribution in [3.8, 4) is 0 Å². The number of H-pyrrole nitrogens is 2. The van der Waals surface area contributed by atoms with Crippen LogP contribution in [0.15, 0.2) is 91.3 Å². The van der Waals surface area contributed by atoms with Gasteiger partial charge in [-0.25, -0.2) is 4.79 Å². The lowest BCUT2D eigenvalue weighted by Gasteiger charge is -2.20. The van der Waals surface area contributed by atoms with Crippen LogP contribution in [-0.2, 0) is 9.53 Å². The number of fused-ring (bicyclic) bond motifs is 2. The van der Waals surface area contributed by atoms with Gasteiger partial charge in [-0.2, -0.15) is 0 Å². The first-order valence-electron chi connectivity index (χ1n) is 10.2. The van der Waals surface area contributed by atoms with E-state index < -0.39 is 0 Å². The Kier molecular flexibility index (Phi) is 4.89. The summed E-state index contributed by atoms with van der Waals surface area (Å²) in [7, 11) is 1.39. The van der Waals surface area contributed by atoms with Gasteiger partial charge in [-0.3, -0.25) is 0 Å². The molecule has 0 fully saturated rings. The highest BCUT2D eigenvalue weighted by Gasteiger charge is 2.24. The fourth-order valence-corrected chi connectivity index (χ4v) is 4.32. The molecular weight excluding hydrogens is 384 g/mol. The summed E-state index contributed by atoms with van der Waals surface area (Å²) in [6, 6.07) is 24.9. The number of aromatic amines is 2. The quantitative estimate of drug-likeness (QED) is 0.277. The summed E-state index contributed by atoms with van der Waals surface area (Å²) in [5, 5.41) is 2.37. The zero-order valence-corrected chi connectivity index (χ0v) is 17.1. The van der Waals surface area contributed by atoms with Gasteiger partial charge in [-0.05, 0) is 40.5 Å². The topological polar surface area (TPSA) is 57.9 Å². The molecule has 0 amide bonds. The zero-order valence-electron chi connectivity index (χ0n) is 17.1. The lowest BCUT2D eigenvalue weighted by molar-refractivity contribution is -0.134. The molecule has 0 aliphatic rings.